The standard InChI is InChI=1S/C17H17FO4/c1-3-8-22-16-7-4-11(9-14(16)17(19)20)13-10-12(21-2)5-6-15(13)18/h4-7,9-10H,3,8H2,1-2H3,(H,19,20). The zero-order valence-corrected chi connectivity index (χ0v) is 12.4. The molecule has 0 bridgehead atoms. The molecule has 5 heteroatoms. The Labute approximate surface area is 128 Å². The van der Waals surface area contributed by atoms with Crippen molar-refractivity contribution in [3.63, 3.8) is 0 Å². The number of carboxylic acid groups (broad SMARTS) is 1. The molecule has 0 aromatic heterocycles. The van der Waals surface area contributed by atoms with Crippen LogP contribution in [0.5, 0.6) is 11.5 Å². The summed E-state index contributed by atoms with van der Waals surface area (Å²) in [6, 6.07) is 8.92. The molecule has 0 atom stereocenters. The summed E-state index contributed by atoms with van der Waals surface area (Å²) in [6.07, 6.45) is 0.769. The minimum Gasteiger partial charge on any atom is -0.497 e. The van der Waals surface area contributed by atoms with Gasteiger partial charge in [-0.1, -0.05) is 13.0 Å². The van der Waals surface area contributed by atoms with Crippen molar-refractivity contribution in [3.8, 4) is 22.6 Å². The summed E-state index contributed by atoms with van der Waals surface area (Å²) in [6.45, 7) is 2.35. The number of benzene rings is 2. The zero-order valence-electron chi connectivity index (χ0n) is 12.4. The smallest absolute Gasteiger partial charge is 0.339 e. The molecule has 0 saturated carbocycles. The predicted molar refractivity (Wildman–Crippen MR) is 81.1 cm³/mol. The molecule has 116 valence electrons. The fraction of sp³-hybridized carbons (Fsp3) is 0.235. The maximum atomic E-state index is 14.0. The van der Waals surface area contributed by atoms with Crippen molar-refractivity contribution >= 4 is 5.97 Å². The number of methoxy groups -OCH3 is 1. The highest BCUT2D eigenvalue weighted by Crippen LogP contribution is 2.31. The van der Waals surface area contributed by atoms with Gasteiger partial charge in [0, 0.05) is 5.56 Å². The number of carboxylic acids is 1. The lowest BCUT2D eigenvalue weighted by molar-refractivity contribution is 0.0692. The van der Waals surface area contributed by atoms with Crippen LogP contribution >= 0.6 is 0 Å². The van der Waals surface area contributed by atoms with Gasteiger partial charge in [-0.2, -0.15) is 0 Å². The van der Waals surface area contributed by atoms with E-state index < -0.39 is 11.8 Å². The first-order valence-electron chi connectivity index (χ1n) is 6.91. The third-order valence-electron chi connectivity index (χ3n) is 3.16. The summed E-state index contributed by atoms with van der Waals surface area (Å²) in [4.78, 5) is 11.4. The van der Waals surface area contributed by atoms with Crippen LogP contribution in [0, 0.1) is 5.82 Å². The van der Waals surface area contributed by atoms with Gasteiger partial charge in [0.25, 0.3) is 0 Å². The van der Waals surface area contributed by atoms with E-state index in [0.29, 0.717) is 17.9 Å². The Kier molecular flexibility index (Phi) is 4.99. The number of ether oxygens (including phenoxy) is 2. The predicted octanol–water partition coefficient (Wildman–Crippen LogP) is 3.99. The second-order valence-corrected chi connectivity index (χ2v) is 4.71. The molecule has 0 saturated heterocycles. The summed E-state index contributed by atoms with van der Waals surface area (Å²) < 4.78 is 24.5. The van der Waals surface area contributed by atoms with Gasteiger partial charge >= 0.3 is 5.97 Å². The molecule has 2 aromatic carbocycles. The Morgan fingerprint density at radius 3 is 2.64 bits per heavy atom. The normalized spacial score (nSPS) is 10.3. The van der Waals surface area contributed by atoms with Crippen molar-refractivity contribution in [2.24, 2.45) is 0 Å². The Bertz CT molecular complexity index is 682. The molecular formula is C17H17FO4. The van der Waals surface area contributed by atoms with Crippen LogP contribution in [0.1, 0.15) is 23.7 Å². The van der Waals surface area contributed by atoms with Gasteiger partial charge in [0.05, 0.1) is 13.7 Å². The van der Waals surface area contributed by atoms with Crippen molar-refractivity contribution in [1.82, 2.24) is 0 Å². The van der Waals surface area contributed by atoms with E-state index in [2.05, 4.69) is 0 Å². The van der Waals surface area contributed by atoms with Crippen LogP contribution in [0.4, 0.5) is 4.39 Å². The van der Waals surface area contributed by atoms with Crippen LogP contribution in [-0.2, 0) is 0 Å². The van der Waals surface area contributed by atoms with E-state index in [1.54, 1.807) is 12.1 Å². The van der Waals surface area contributed by atoms with Gasteiger partial charge in [-0.3, -0.25) is 0 Å². The van der Waals surface area contributed by atoms with Crippen molar-refractivity contribution in [2.45, 2.75) is 13.3 Å². The summed E-state index contributed by atoms with van der Waals surface area (Å²) in [7, 11) is 1.49. The molecule has 4 nitrogen and oxygen atoms in total. The van der Waals surface area contributed by atoms with Crippen LogP contribution < -0.4 is 9.47 Å². The van der Waals surface area contributed by atoms with Gasteiger partial charge in [0.2, 0.25) is 0 Å². The Hall–Kier alpha value is -2.56. The van der Waals surface area contributed by atoms with Crippen LogP contribution in [0.15, 0.2) is 36.4 Å². The third kappa shape index (κ3) is 3.36. The molecule has 0 aliphatic rings. The summed E-state index contributed by atoms with van der Waals surface area (Å²) in [5, 5.41) is 9.31. The van der Waals surface area contributed by atoms with Gasteiger partial charge < -0.3 is 14.6 Å². The fourth-order valence-corrected chi connectivity index (χ4v) is 2.06. The number of hydrogen-bond donors (Lipinski definition) is 1. The van der Waals surface area contributed by atoms with E-state index in [1.165, 1.54) is 31.4 Å². The average molecular weight is 304 g/mol. The van der Waals surface area contributed by atoms with E-state index in [-0.39, 0.29) is 16.9 Å². The molecule has 0 heterocycles. The van der Waals surface area contributed by atoms with E-state index >= 15 is 0 Å². The highest BCUT2D eigenvalue weighted by Gasteiger charge is 2.15. The topological polar surface area (TPSA) is 55.8 Å². The highest BCUT2D eigenvalue weighted by atomic mass is 19.1. The maximum absolute atomic E-state index is 14.0. The number of hydrogen-bond acceptors (Lipinski definition) is 3. The van der Waals surface area contributed by atoms with Gasteiger partial charge in [0.15, 0.2) is 0 Å². The van der Waals surface area contributed by atoms with Crippen LogP contribution in [-0.4, -0.2) is 24.8 Å². The monoisotopic (exact) mass is 304 g/mol. The van der Waals surface area contributed by atoms with Crippen molar-refractivity contribution in [2.75, 3.05) is 13.7 Å². The first kappa shape index (κ1) is 15.8. The average Bonchev–Trinajstić information content (AvgIpc) is 2.53. The number of carbonyl (C=O) groups is 1. The van der Waals surface area contributed by atoms with E-state index in [9.17, 15) is 14.3 Å². The van der Waals surface area contributed by atoms with Crippen molar-refractivity contribution < 1.29 is 23.8 Å². The van der Waals surface area contributed by atoms with Gasteiger partial charge in [0.1, 0.15) is 22.9 Å². The first-order chi connectivity index (χ1) is 10.6. The minimum atomic E-state index is -1.11. The zero-order chi connectivity index (χ0) is 16.1. The Balaban J connectivity index is 2.48. The quantitative estimate of drug-likeness (QED) is 0.876. The van der Waals surface area contributed by atoms with E-state index in [1.807, 2.05) is 6.92 Å². The number of aromatic carboxylic acids is 1. The second kappa shape index (κ2) is 6.93. The molecule has 2 aromatic rings. The summed E-state index contributed by atoms with van der Waals surface area (Å²) in [5.74, 6) is -0.781. The summed E-state index contributed by atoms with van der Waals surface area (Å²) >= 11 is 0. The SMILES string of the molecule is CCCOc1ccc(-c2cc(OC)ccc2F)cc1C(=O)O. The molecule has 0 radical (unpaired) electrons. The first-order valence-corrected chi connectivity index (χ1v) is 6.91. The van der Waals surface area contributed by atoms with Gasteiger partial charge in [-0.05, 0) is 42.3 Å². The largest absolute Gasteiger partial charge is 0.497 e. The lowest BCUT2D eigenvalue weighted by Crippen LogP contribution is -2.04. The van der Waals surface area contributed by atoms with Gasteiger partial charge in [-0.15, -0.1) is 0 Å². The molecule has 0 aliphatic carbocycles. The van der Waals surface area contributed by atoms with Crippen LogP contribution in [0.2, 0.25) is 0 Å². The second-order valence-electron chi connectivity index (χ2n) is 4.71. The minimum absolute atomic E-state index is 0.00756. The Morgan fingerprint density at radius 2 is 2.00 bits per heavy atom. The molecule has 22 heavy (non-hydrogen) atoms. The Morgan fingerprint density at radius 1 is 1.23 bits per heavy atom. The number of rotatable bonds is 6. The van der Waals surface area contributed by atoms with Crippen molar-refractivity contribution in [3.05, 3.63) is 47.8 Å². The molecule has 0 unspecified atom stereocenters. The molecule has 2 rings (SSSR count). The van der Waals surface area contributed by atoms with Gasteiger partial charge in [-0.25, -0.2) is 9.18 Å². The molecule has 1 N–H and O–H groups in total. The lowest BCUT2D eigenvalue weighted by Gasteiger charge is -2.11. The summed E-state index contributed by atoms with van der Waals surface area (Å²) in [5.41, 5.74) is 0.745. The van der Waals surface area contributed by atoms with E-state index in [0.717, 1.165) is 6.42 Å². The molecule has 0 amide bonds. The van der Waals surface area contributed by atoms with Crippen LogP contribution in [0.3, 0.4) is 0 Å². The molecule has 0 aliphatic heterocycles. The maximum Gasteiger partial charge on any atom is 0.339 e. The van der Waals surface area contributed by atoms with Crippen molar-refractivity contribution in [1.29, 1.82) is 0 Å². The number of halogens is 1. The molecule has 0 fully saturated rings. The fourth-order valence-electron chi connectivity index (χ4n) is 2.06. The van der Waals surface area contributed by atoms with E-state index in [4.69, 9.17) is 9.47 Å². The third-order valence-corrected chi connectivity index (χ3v) is 3.16. The lowest BCUT2D eigenvalue weighted by atomic mass is 10.0. The highest BCUT2D eigenvalue weighted by molar-refractivity contribution is 5.92. The van der Waals surface area contributed by atoms with Crippen LogP contribution in [0.25, 0.3) is 11.1 Å². The molecular weight excluding hydrogens is 287 g/mol. The molecule has 0 spiro atoms.